The van der Waals surface area contributed by atoms with Crippen molar-refractivity contribution in [2.75, 3.05) is 6.61 Å². The molecule has 0 fully saturated rings. The first-order chi connectivity index (χ1) is 11.3. The van der Waals surface area contributed by atoms with Crippen LogP contribution in [0.15, 0.2) is 53.7 Å². The summed E-state index contributed by atoms with van der Waals surface area (Å²) in [6.07, 6.45) is 0.478. The van der Waals surface area contributed by atoms with Gasteiger partial charge in [-0.25, -0.2) is 4.98 Å². The first-order valence-electron chi connectivity index (χ1n) is 7.66. The Kier molecular flexibility index (Phi) is 3.58. The summed E-state index contributed by atoms with van der Waals surface area (Å²) >= 11 is 1.65. The van der Waals surface area contributed by atoms with Crippen molar-refractivity contribution in [3.05, 3.63) is 54.1 Å². The van der Waals surface area contributed by atoms with E-state index >= 15 is 0 Å². The topological polar surface area (TPSA) is 44.1 Å². The number of hydrogen-bond donors (Lipinski definition) is 0. The molecule has 4 rings (SSSR count). The highest BCUT2D eigenvalue weighted by molar-refractivity contribution is 7.99. The van der Waals surface area contributed by atoms with E-state index in [-0.39, 0.29) is 11.2 Å². The van der Waals surface area contributed by atoms with Crippen molar-refractivity contribution in [2.45, 2.75) is 23.8 Å². The minimum Gasteiger partial charge on any atom is -0.494 e. The van der Waals surface area contributed by atoms with Crippen molar-refractivity contribution < 1.29 is 9.53 Å². The summed E-state index contributed by atoms with van der Waals surface area (Å²) in [4.78, 5) is 17.2. The lowest BCUT2D eigenvalue weighted by Crippen LogP contribution is -2.19. The van der Waals surface area contributed by atoms with E-state index in [2.05, 4.69) is 4.98 Å². The van der Waals surface area contributed by atoms with E-state index in [4.69, 9.17) is 4.74 Å². The van der Waals surface area contributed by atoms with Gasteiger partial charge >= 0.3 is 0 Å². The third kappa shape index (κ3) is 2.51. The summed E-state index contributed by atoms with van der Waals surface area (Å²) in [5.74, 6) is 0.960. The molecule has 0 unspecified atom stereocenters. The van der Waals surface area contributed by atoms with Crippen LogP contribution in [-0.2, 0) is 0 Å². The molecule has 1 atom stereocenters. The number of carbonyl (C=O) groups excluding carboxylic acids is 1. The maximum absolute atomic E-state index is 12.6. The Morgan fingerprint density at radius 3 is 2.78 bits per heavy atom. The number of imidazole rings is 1. The average molecular weight is 324 g/mol. The van der Waals surface area contributed by atoms with Crippen molar-refractivity contribution >= 4 is 28.7 Å². The zero-order valence-corrected chi connectivity index (χ0v) is 13.5. The molecule has 0 bridgehead atoms. The van der Waals surface area contributed by atoms with Gasteiger partial charge in [0.05, 0.1) is 17.6 Å². The van der Waals surface area contributed by atoms with E-state index in [9.17, 15) is 4.79 Å². The minimum absolute atomic E-state index is 0.0995. The number of para-hydroxylation sites is 2. The molecule has 2 aromatic carbocycles. The summed E-state index contributed by atoms with van der Waals surface area (Å²) in [7, 11) is 0. The standard InChI is InChI=1S/C18H16N2O2S/c1-2-22-13-9-7-12(8-10-13)16-11-17(21)20-15-6-4-3-5-14(15)19-18(20)23-16/h3-10,16H,2,11H2,1H3/t16-/m1/s1. The van der Waals surface area contributed by atoms with Crippen LogP contribution in [0.4, 0.5) is 0 Å². The van der Waals surface area contributed by atoms with Gasteiger partial charge in [-0.3, -0.25) is 9.36 Å². The van der Waals surface area contributed by atoms with Crippen LogP contribution in [-0.4, -0.2) is 22.1 Å². The number of rotatable bonds is 3. The molecule has 0 saturated carbocycles. The van der Waals surface area contributed by atoms with E-state index in [1.54, 1.807) is 16.3 Å². The van der Waals surface area contributed by atoms with E-state index in [0.717, 1.165) is 27.5 Å². The Bertz CT molecular complexity index is 870. The molecule has 0 spiro atoms. The van der Waals surface area contributed by atoms with Crippen LogP contribution in [0.25, 0.3) is 11.0 Å². The maximum atomic E-state index is 12.6. The van der Waals surface area contributed by atoms with E-state index in [0.29, 0.717) is 13.0 Å². The molecule has 3 aromatic rings. The number of nitrogens with zero attached hydrogens (tertiary/aromatic N) is 2. The molecule has 0 amide bonds. The number of benzene rings is 2. The van der Waals surface area contributed by atoms with Crippen LogP contribution in [0.1, 0.15) is 29.0 Å². The fraction of sp³-hybridized carbons (Fsp3) is 0.222. The van der Waals surface area contributed by atoms with Crippen LogP contribution in [0.5, 0.6) is 5.75 Å². The quantitative estimate of drug-likeness (QED) is 0.720. The van der Waals surface area contributed by atoms with Crippen molar-refractivity contribution in [1.82, 2.24) is 9.55 Å². The second-order valence-electron chi connectivity index (χ2n) is 5.42. The van der Waals surface area contributed by atoms with Gasteiger partial charge < -0.3 is 4.74 Å². The Morgan fingerprint density at radius 2 is 2.00 bits per heavy atom. The lowest BCUT2D eigenvalue weighted by atomic mass is 10.1. The highest BCUT2D eigenvalue weighted by atomic mass is 32.2. The number of hydrogen-bond acceptors (Lipinski definition) is 4. The van der Waals surface area contributed by atoms with Gasteiger partial charge in [0, 0.05) is 11.7 Å². The molecular weight excluding hydrogens is 308 g/mol. The lowest BCUT2D eigenvalue weighted by molar-refractivity contribution is 0.0891. The molecule has 1 aromatic heterocycles. The Balaban J connectivity index is 1.67. The van der Waals surface area contributed by atoms with Crippen molar-refractivity contribution in [2.24, 2.45) is 0 Å². The number of thioether (sulfide) groups is 1. The molecule has 23 heavy (non-hydrogen) atoms. The van der Waals surface area contributed by atoms with Gasteiger partial charge in [-0.2, -0.15) is 0 Å². The summed E-state index contributed by atoms with van der Waals surface area (Å²) in [5, 5.41) is 0.879. The molecule has 0 aliphatic carbocycles. The van der Waals surface area contributed by atoms with Crippen molar-refractivity contribution in [3.8, 4) is 5.75 Å². The second-order valence-corrected chi connectivity index (χ2v) is 6.59. The van der Waals surface area contributed by atoms with E-state index in [1.165, 1.54) is 0 Å². The molecule has 0 saturated heterocycles. The lowest BCUT2D eigenvalue weighted by Gasteiger charge is -2.22. The fourth-order valence-corrected chi connectivity index (χ4v) is 4.10. The second kappa shape index (κ2) is 5.74. The van der Waals surface area contributed by atoms with Gasteiger partial charge in [0.1, 0.15) is 5.75 Å². The van der Waals surface area contributed by atoms with E-state index in [1.807, 2.05) is 55.5 Å². The predicted octanol–water partition coefficient (Wildman–Crippen LogP) is 4.31. The van der Waals surface area contributed by atoms with Gasteiger partial charge in [0.15, 0.2) is 5.16 Å². The largest absolute Gasteiger partial charge is 0.494 e. The van der Waals surface area contributed by atoms with Crippen molar-refractivity contribution in [1.29, 1.82) is 0 Å². The Hall–Kier alpha value is -2.27. The minimum atomic E-state index is 0.0995. The highest BCUT2D eigenvalue weighted by Crippen LogP contribution is 2.43. The number of aromatic nitrogens is 2. The van der Waals surface area contributed by atoms with E-state index < -0.39 is 0 Å². The normalized spacial score (nSPS) is 17.3. The molecule has 5 heteroatoms. The van der Waals surface area contributed by atoms with Gasteiger partial charge in [-0.15, -0.1) is 0 Å². The third-order valence-electron chi connectivity index (χ3n) is 3.95. The van der Waals surface area contributed by atoms with Crippen molar-refractivity contribution in [3.63, 3.8) is 0 Å². The fourth-order valence-electron chi connectivity index (χ4n) is 2.87. The zero-order chi connectivity index (χ0) is 15.8. The molecular formula is C18H16N2O2S. The van der Waals surface area contributed by atoms with Gasteiger partial charge in [0.2, 0.25) is 5.91 Å². The summed E-state index contributed by atoms with van der Waals surface area (Å²) in [5.41, 5.74) is 2.89. The van der Waals surface area contributed by atoms with Gasteiger partial charge in [-0.1, -0.05) is 36.0 Å². The maximum Gasteiger partial charge on any atom is 0.234 e. The number of fused-ring (bicyclic) bond motifs is 3. The molecule has 0 radical (unpaired) electrons. The average Bonchev–Trinajstić information content (AvgIpc) is 2.94. The zero-order valence-electron chi connectivity index (χ0n) is 12.7. The number of carbonyl (C=O) groups is 1. The smallest absolute Gasteiger partial charge is 0.234 e. The summed E-state index contributed by atoms with van der Waals surface area (Å²) in [6, 6.07) is 15.8. The molecule has 1 aliphatic heterocycles. The summed E-state index contributed by atoms with van der Waals surface area (Å²) < 4.78 is 7.22. The van der Waals surface area contributed by atoms with Crippen LogP contribution in [0, 0.1) is 0 Å². The summed E-state index contributed by atoms with van der Waals surface area (Å²) in [6.45, 7) is 2.62. The molecule has 2 heterocycles. The predicted molar refractivity (Wildman–Crippen MR) is 91.2 cm³/mol. The van der Waals surface area contributed by atoms with Crippen LogP contribution in [0.3, 0.4) is 0 Å². The first kappa shape index (κ1) is 14.3. The van der Waals surface area contributed by atoms with Gasteiger partial charge in [0.25, 0.3) is 0 Å². The molecule has 0 N–H and O–H groups in total. The third-order valence-corrected chi connectivity index (χ3v) is 5.16. The Labute approximate surface area is 138 Å². The molecule has 4 nitrogen and oxygen atoms in total. The molecule has 116 valence electrons. The highest BCUT2D eigenvalue weighted by Gasteiger charge is 2.29. The van der Waals surface area contributed by atoms with Crippen LogP contribution >= 0.6 is 11.8 Å². The van der Waals surface area contributed by atoms with Gasteiger partial charge in [-0.05, 0) is 36.8 Å². The first-order valence-corrected chi connectivity index (χ1v) is 8.54. The monoisotopic (exact) mass is 324 g/mol. The van der Waals surface area contributed by atoms with Crippen LogP contribution in [0.2, 0.25) is 0 Å². The Morgan fingerprint density at radius 1 is 1.22 bits per heavy atom. The number of ether oxygens (including phenoxy) is 1. The van der Waals surface area contributed by atoms with Crippen LogP contribution < -0.4 is 4.74 Å². The molecule has 1 aliphatic rings. The SMILES string of the molecule is CCOc1ccc([C@H]2CC(=O)n3c(nc4ccccc43)S2)cc1.